The van der Waals surface area contributed by atoms with E-state index in [1.54, 1.807) is 29.2 Å². The first-order valence-corrected chi connectivity index (χ1v) is 9.43. The summed E-state index contributed by atoms with van der Waals surface area (Å²) in [6.45, 7) is 4.72. The summed E-state index contributed by atoms with van der Waals surface area (Å²) in [5.41, 5.74) is 0.551. The molecule has 8 nitrogen and oxygen atoms in total. The van der Waals surface area contributed by atoms with E-state index in [9.17, 15) is 19.7 Å². The molecule has 3 rings (SSSR count). The van der Waals surface area contributed by atoms with Gasteiger partial charge in [0, 0.05) is 25.2 Å². The Hall–Kier alpha value is -2.97. The van der Waals surface area contributed by atoms with Gasteiger partial charge < -0.3 is 15.0 Å². The van der Waals surface area contributed by atoms with Crippen LogP contribution in [0.5, 0.6) is 0 Å². The first-order chi connectivity index (χ1) is 13.8. The van der Waals surface area contributed by atoms with E-state index in [0.717, 1.165) is 6.07 Å². The fourth-order valence-electron chi connectivity index (χ4n) is 3.28. The lowest BCUT2D eigenvalue weighted by Gasteiger charge is -2.35. The number of nitrogens with zero attached hydrogens (tertiary/aromatic N) is 2. The average Bonchev–Trinajstić information content (AvgIpc) is 2.66. The van der Waals surface area contributed by atoms with E-state index in [1.807, 2.05) is 13.8 Å². The minimum Gasteiger partial charge on any atom is -0.372 e. The molecule has 2 aromatic carbocycles. The van der Waals surface area contributed by atoms with Crippen LogP contribution >= 0.6 is 11.6 Å². The number of anilines is 1. The molecule has 0 saturated carbocycles. The second-order valence-corrected chi connectivity index (χ2v) is 7.30. The topological polar surface area (TPSA) is 102 Å². The van der Waals surface area contributed by atoms with Crippen LogP contribution in [0.15, 0.2) is 42.5 Å². The lowest BCUT2D eigenvalue weighted by molar-refractivity contribution is -0.384. The van der Waals surface area contributed by atoms with Crippen LogP contribution in [0.4, 0.5) is 11.4 Å². The Balaban J connectivity index is 1.83. The number of carbonyl (C=O) groups is 2. The van der Waals surface area contributed by atoms with E-state index in [2.05, 4.69) is 5.32 Å². The van der Waals surface area contributed by atoms with Crippen molar-refractivity contribution >= 4 is 34.8 Å². The van der Waals surface area contributed by atoms with E-state index >= 15 is 0 Å². The highest BCUT2D eigenvalue weighted by Gasteiger charge is 2.28. The van der Waals surface area contributed by atoms with Crippen molar-refractivity contribution in [2.75, 3.05) is 18.4 Å². The van der Waals surface area contributed by atoms with Crippen LogP contribution < -0.4 is 5.32 Å². The number of benzene rings is 2. The highest BCUT2D eigenvalue weighted by molar-refractivity contribution is 6.34. The molecule has 0 aliphatic carbocycles. The van der Waals surface area contributed by atoms with Crippen LogP contribution in [0.2, 0.25) is 5.02 Å². The molecule has 1 aliphatic rings. The van der Waals surface area contributed by atoms with Crippen molar-refractivity contribution in [3.05, 3.63) is 68.7 Å². The number of amides is 2. The summed E-state index contributed by atoms with van der Waals surface area (Å²) in [5.74, 6) is -0.772. The van der Waals surface area contributed by atoms with E-state index in [-0.39, 0.29) is 34.4 Å². The quantitative estimate of drug-likeness (QED) is 0.603. The Bertz CT molecular complexity index is 955. The Morgan fingerprint density at radius 3 is 2.41 bits per heavy atom. The third-order valence-electron chi connectivity index (χ3n) is 4.52. The summed E-state index contributed by atoms with van der Waals surface area (Å²) < 4.78 is 5.67. The minimum atomic E-state index is -0.591. The number of hydrogen-bond acceptors (Lipinski definition) is 5. The number of para-hydroxylation sites is 1. The van der Waals surface area contributed by atoms with Gasteiger partial charge in [-0.25, -0.2) is 0 Å². The van der Waals surface area contributed by atoms with Gasteiger partial charge in [-0.2, -0.15) is 0 Å². The second-order valence-electron chi connectivity index (χ2n) is 6.89. The van der Waals surface area contributed by atoms with Crippen molar-refractivity contribution in [2.45, 2.75) is 26.1 Å². The van der Waals surface area contributed by atoms with Crippen molar-refractivity contribution in [3.8, 4) is 0 Å². The van der Waals surface area contributed by atoms with Gasteiger partial charge in [0.15, 0.2) is 0 Å². The first-order valence-electron chi connectivity index (χ1n) is 9.05. The number of hydrogen-bond donors (Lipinski definition) is 1. The lowest BCUT2D eigenvalue weighted by atomic mass is 10.1. The molecule has 1 N–H and O–H groups in total. The predicted molar refractivity (Wildman–Crippen MR) is 108 cm³/mol. The molecule has 9 heteroatoms. The van der Waals surface area contributed by atoms with Crippen molar-refractivity contribution < 1.29 is 19.2 Å². The molecule has 1 saturated heterocycles. The molecule has 0 bridgehead atoms. The van der Waals surface area contributed by atoms with Gasteiger partial charge in [-0.05, 0) is 32.0 Å². The van der Waals surface area contributed by atoms with E-state index in [0.29, 0.717) is 24.3 Å². The van der Waals surface area contributed by atoms with Crippen molar-refractivity contribution in [2.24, 2.45) is 0 Å². The molecule has 0 radical (unpaired) electrons. The maximum absolute atomic E-state index is 13.0. The van der Waals surface area contributed by atoms with E-state index in [4.69, 9.17) is 16.3 Å². The van der Waals surface area contributed by atoms with Gasteiger partial charge >= 0.3 is 0 Å². The number of rotatable bonds is 4. The summed E-state index contributed by atoms with van der Waals surface area (Å²) in [6.07, 6.45) is -0.160. The van der Waals surface area contributed by atoms with E-state index < -0.39 is 10.8 Å². The molecular weight excluding hydrogens is 398 g/mol. The van der Waals surface area contributed by atoms with Crippen LogP contribution in [0.1, 0.15) is 34.6 Å². The summed E-state index contributed by atoms with van der Waals surface area (Å²) in [7, 11) is 0. The standard InChI is InChI=1S/C20H20ClN3O5/c1-12-10-23(11-13(2)29-12)20(26)16-5-3-4-6-18(16)22-19(25)15-8-7-14(24(27)28)9-17(15)21/h3-9,12-13H,10-11H2,1-2H3,(H,22,25)/t12-,13+. The van der Waals surface area contributed by atoms with Crippen LogP contribution in [0.3, 0.4) is 0 Å². The molecule has 0 unspecified atom stereocenters. The smallest absolute Gasteiger partial charge is 0.270 e. The SMILES string of the molecule is C[C@@H]1CN(C(=O)c2ccccc2NC(=O)c2ccc([N+](=O)[O-])cc2Cl)C[C@H](C)O1. The molecular formula is C20H20ClN3O5. The summed E-state index contributed by atoms with van der Waals surface area (Å²) in [6, 6.07) is 10.3. The number of halogens is 1. The van der Waals surface area contributed by atoms with Crippen LogP contribution in [0.25, 0.3) is 0 Å². The van der Waals surface area contributed by atoms with Gasteiger partial charge in [-0.3, -0.25) is 19.7 Å². The third kappa shape index (κ3) is 4.72. The number of nitro benzene ring substituents is 1. The number of non-ortho nitro benzene ring substituents is 1. The van der Waals surface area contributed by atoms with Gasteiger partial charge in [-0.15, -0.1) is 0 Å². The largest absolute Gasteiger partial charge is 0.372 e. The van der Waals surface area contributed by atoms with Crippen LogP contribution in [-0.4, -0.2) is 46.9 Å². The zero-order chi connectivity index (χ0) is 21.1. The Kier molecular flexibility index (Phi) is 6.14. The summed E-state index contributed by atoms with van der Waals surface area (Å²) >= 11 is 6.04. The normalized spacial score (nSPS) is 18.9. The highest BCUT2D eigenvalue weighted by Crippen LogP contribution is 2.25. The van der Waals surface area contributed by atoms with Crippen molar-refractivity contribution in [1.29, 1.82) is 0 Å². The fourth-order valence-corrected chi connectivity index (χ4v) is 3.54. The molecule has 1 fully saturated rings. The molecule has 0 spiro atoms. The average molecular weight is 418 g/mol. The molecule has 2 atom stereocenters. The molecule has 152 valence electrons. The van der Waals surface area contributed by atoms with Gasteiger partial charge in [0.1, 0.15) is 0 Å². The fraction of sp³-hybridized carbons (Fsp3) is 0.300. The van der Waals surface area contributed by atoms with Gasteiger partial charge in [-0.1, -0.05) is 23.7 Å². The zero-order valence-electron chi connectivity index (χ0n) is 15.9. The lowest BCUT2D eigenvalue weighted by Crippen LogP contribution is -2.48. The maximum atomic E-state index is 13.0. The van der Waals surface area contributed by atoms with Crippen molar-refractivity contribution in [3.63, 3.8) is 0 Å². The first kappa shape index (κ1) is 20.8. The number of morpholine rings is 1. The number of nitro groups is 1. The molecule has 2 aromatic rings. The molecule has 1 aliphatic heterocycles. The Morgan fingerprint density at radius 1 is 1.14 bits per heavy atom. The van der Waals surface area contributed by atoms with Crippen LogP contribution in [-0.2, 0) is 4.74 Å². The Morgan fingerprint density at radius 2 is 1.79 bits per heavy atom. The summed E-state index contributed by atoms with van der Waals surface area (Å²) in [4.78, 5) is 37.6. The minimum absolute atomic E-state index is 0.0451. The molecule has 1 heterocycles. The molecule has 2 amide bonds. The molecule has 29 heavy (non-hydrogen) atoms. The van der Waals surface area contributed by atoms with Gasteiger partial charge in [0.05, 0.1) is 39.0 Å². The summed E-state index contributed by atoms with van der Waals surface area (Å²) in [5, 5.41) is 13.5. The number of ether oxygens (including phenoxy) is 1. The van der Waals surface area contributed by atoms with Gasteiger partial charge in [0.25, 0.3) is 17.5 Å². The number of nitrogens with one attached hydrogen (secondary N) is 1. The maximum Gasteiger partial charge on any atom is 0.270 e. The Labute approximate surface area is 172 Å². The second kappa shape index (κ2) is 8.59. The van der Waals surface area contributed by atoms with Gasteiger partial charge in [0.2, 0.25) is 0 Å². The molecule has 0 aromatic heterocycles. The highest BCUT2D eigenvalue weighted by atomic mass is 35.5. The zero-order valence-corrected chi connectivity index (χ0v) is 16.7. The third-order valence-corrected chi connectivity index (χ3v) is 4.83. The van der Waals surface area contributed by atoms with E-state index in [1.165, 1.54) is 12.1 Å². The monoisotopic (exact) mass is 417 g/mol. The van der Waals surface area contributed by atoms with Crippen LogP contribution in [0, 0.1) is 10.1 Å². The van der Waals surface area contributed by atoms with Crippen molar-refractivity contribution in [1.82, 2.24) is 4.90 Å². The number of carbonyl (C=O) groups excluding carboxylic acids is 2. The predicted octanol–water partition coefficient (Wildman–Crippen LogP) is 3.75.